The summed E-state index contributed by atoms with van der Waals surface area (Å²) in [6, 6.07) is 17.0. The number of rotatable bonds is 13. The molecule has 3 fully saturated rings. The number of halogens is 3. The maximum Gasteiger partial charge on any atom is 0.410 e. The van der Waals surface area contributed by atoms with E-state index >= 15 is 0 Å². The molecular formula is C38H46Cl3NO10. The lowest BCUT2D eigenvalue weighted by atomic mass is 9.85. The summed E-state index contributed by atoms with van der Waals surface area (Å²) >= 11 is 18.0. The van der Waals surface area contributed by atoms with Crippen LogP contribution in [0.25, 0.3) is 0 Å². The minimum atomic E-state index is -1.92. The first-order chi connectivity index (χ1) is 24.9. The van der Waals surface area contributed by atoms with Gasteiger partial charge in [-0.25, -0.2) is 4.79 Å². The van der Waals surface area contributed by atoms with E-state index in [2.05, 4.69) is 0 Å². The second-order valence-corrected chi connectivity index (χ2v) is 15.7. The fourth-order valence-electron chi connectivity index (χ4n) is 7.00. The average molecular weight is 783 g/mol. The van der Waals surface area contributed by atoms with Gasteiger partial charge in [0.1, 0.15) is 18.8 Å². The van der Waals surface area contributed by atoms with E-state index in [4.69, 9.17) is 68.0 Å². The third-order valence-corrected chi connectivity index (χ3v) is 9.53. The van der Waals surface area contributed by atoms with Crippen molar-refractivity contribution < 1.29 is 47.5 Å². The standard InChI is InChI=1S/C38H46Cl3NO10/c1-26(43)50-33-31(18-12-17-30-23-49-37(52-30)19-10-5-11-20-37)42(36(45)48-25-38(39,40)41)32(24-46-21-28-13-6-3-7-14-28)34(51-27(2)44)35(33)47-22-29-15-8-4-9-16-29/h3-4,6-9,12-17,30-35H,5,10-11,18-25H2,1-2H3/b17-12+/t30-,31+,32+,33-,34+,35+/m0/s1. The number of hydrogen-bond donors (Lipinski definition) is 0. The van der Waals surface area contributed by atoms with Crippen molar-refractivity contribution in [3.05, 3.63) is 83.9 Å². The molecule has 52 heavy (non-hydrogen) atoms. The molecule has 0 radical (unpaired) electrons. The Morgan fingerprint density at radius 2 is 1.44 bits per heavy atom. The van der Waals surface area contributed by atoms with Crippen molar-refractivity contribution >= 4 is 52.8 Å². The Labute approximate surface area is 319 Å². The fraction of sp³-hybridized carbons (Fsp3) is 0.553. The van der Waals surface area contributed by atoms with Crippen molar-refractivity contribution in [3.63, 3.8) is 0 Å². The van der Waals surface area contributed by atoms with Crippen LogP contribution in [0, 0.1) is 0 Å². The van der Waals surface area contributed by atoms with E-state index in [1.54, 1.807) is 0 Å². The van der Waals surface area contributed by atoms with Gasteiger partial charge in [0.25, 0.3) is 0 Å². The van der Waals surface area contributed by atoms with Crippen LogP contribution in [0.4, 0.5) is 4.79 Å². The molecule has 5 rings (SSSR count). The summed E-state index contributed by atoms with van der Waals surface area (Å²) in [4.78, 5) is 41.0. The van der Waals surface area contributed by atoms with Crippen LogP contribution in [0.2, 0.25) is 0 Å². The van der Waals surface area contributed by atoms with Crippen molar-refractivity contribution in [2.45, 2.75) is 112 Å². The zero-order chi connectivity index (χ0) is 37.1. The van der Waals surface area contributed by atoms with Crippen LogP contribution in [-0.2, 0) is 56.0 Å². The fourth-order valence-corrected chi connectivity index (χ4v) is 7.16. The number of amides is 1. The van der Waals surface area contributed by atoms with Gasteiger partial charge in [0.15, 0.2) is 18.0 Å². The number of carbonyl (C=O) groups is 3. The number of carbonyl (C=O) groups excluding carboxylic acids is 3. The molecule has 2 saturated heterocycles. The molecule has 1 aliphatic carbocycles. The Hall–Kier alpha value is -2.90. The van der Waals surface area contributed by atoms with E-state index in [1.807, 2.05) is 72.8 Å². The highest BCUT2D eigenvalue weighted by atomic mass is 35.6. The normalized spacial score (nSPS) is 26.0. The molecule has 1 saturated carbocycles. The van der Waals surface area contributed by atoms with Crippen LogP contribution < -0.4 is 0 Å². The number of benzene rings is 2. The van der Waals surface area contributed by atoms with Crippen molar-refractivity contribution in [1.29, 1.82) is 0 Å². The average Bonchev–Trinajstić information content (AvgIpc) is 3.49. The van der Waals surface area contributed by atoms with E-state index in [0.29, 0.717) is 6.61 Å². The minimum absolute atomic E-state index is 0.0915. The summed E-state index contributed by atoms with van der Waals surface area (Å²) in [5.41, 5.74) is 1.72. The Balaban J connectivity index is 1.51. The van der Waals surface area contributed by atoms with Crippen LogP contribution in [-0.4, -0.2) is 88.8 Å². The molecular weight excluding hydrogens is 737 g/mol. The molecule has 1 amide bonds. The van der Waals surface area contributed by atoms with Gasteiger partial charge in [-0.15, -0.1) is 0 Å². The maximum atomic E-state index is 14.2. The van der Waals surface area contributed by atoms with Crippen LogP contribution in [0.5, 0.6) is 0 Å². The number of piperidine rings is 1. The summed E-state index contributed by atoms with van der Waals surface area (Å²) < 4.78 is 40.7. The maximum absolute atomic E-state index is 14.2. The van der Waals surface area contributed by atoms with Crippen LogP contribution in [0.15, 0.2) is 72.8 Å². The highest BCUT2D eigenvalue weighted by Gasteiger charge is 2.55. The van der Waals surface area contributed by atoms with Crippen molar-refractivity contribution in [2.24, 2.45) is 0 Å². The molecule has 284 valence electrons. The van der Waals surface area contributed by atoms with Gasteiger partial charge in [0, 0.05) is 26.7 Å². The number of hydrogen-bond acceptors (Lipinski definition) is 10. The number of esters is 2. The molecule has 2 aromatic rings. The second kappa shape index (κ2) is 18.9. The molecule has 14 heteroatoms. The van der Waals surface area contributed by atoms with E-state index in [1.165, 1.54) is 18.7 Å². The Morgan fingerprint density at radius 3 is 2.04 bits per heavy atom. The molecule has 1 spiro atoms. The summed E-state index contributed by atoms with van der Waals surface area (Å²) in [5, 5.41) is 0. The molecule has 3 aliphatic rings. The van der Waals surface area contributed by atoms with E-state index in [-0.39, 0.29) is 32.3 Å². The van der Waals surface area contributed by atoms with Crippen LogP contribution in [0.3, 0.4) is 0 Å². The zero-order valence-electron chi connectivity index (χ0n) is 29.3. The van der Waals surface area contributed by atoms with E-state index < -0.39 is 64.6 Å². The molecule has 0 unspecified atom stereocenters. The predicted octanol–water partition coefficient (Wildman–Crippen LogP) is 7.23. The van der Waals surface area contributed by atoms with Gasteiger partial charge in [-0.05, 0) is 30.4 Å². The lowest BCUT2D eigenvalue weighted by molar-refractivity contribution is -0.216. The van der Waals surface area contributed by atoms with Crippen LogP contribution >= 0.6 is 34.8 Å². The third-order valence-electron chi connectivity index (χ3n) is 9.20. The zero-order valence-corrected chi connectivity index (χ0v) is 31.6. The molecule has 11 nitrogen and oxygen atoms in total. The summed E-state index contributed by atoms with van der Waals surface area (Å²) in [6.45, 7) is 2.49. The Bertz CT molecular complexity index is 1480. The molecule has 2 aliphatic heterocycles. The van der Waals surface area contributed by atoms with Crippen molar-refractivity contribution in [3.8, 4) is 0 Å². The number of likely N-dealkylation sites (tertiary alicyclic amines) is 1. The summed E-state index contributed by atoms with van der Waals surface area (Å²) in [6.07, 6.45) is 4.24. The summed E-state index contributed by atoms with van der Waals surface area (Å²) in [7, 11) is 0. The van der Waals surface area contributed by atoms with Gasteiger partial charge < -0.3 is 33.2 Å². The second-order valence-electron chi connectivity index (χ2n) is 13.2. The van der Waals surface area contributed by atoms with Gasteiger partial charge in [0.05, 0.1) is 38.5 Å². The first-order valence-corrected chi connectivity index (χ1v) is 18.7. The van der Waals surface area contributed by atoms with Gasteiger partial charge >= 0.3 is 18.0 Å². The SMILES string of the molecule is CC(=O)O[C@@H]1[C@@H](OCc2ccccc2)[C@H](OC(C)=O)[C@@H](COCc2ccccc2)N(C(=O)OCC(Cl)(Cl)Cl)[C@@H]1C/C=C/[C@H]1COC2(CCCCC2)O1. The molecule has 0 N–H and O–H groups in total. The molecule has 0 bridgehead atoms. The van der Waals surface area contributed by atoms with Crippen LogP contribution in [0.1, 0.15) is 63.5 Å². The molecule has 2 aromatic carbocycles. The Morgan fingerprint density at radius 1 is 0.846 bits per heavy atom. The molecule has 0 aromatic heterocycles. The number of nitrogens with zero attached hydrogens (tertiary/aromatic N) is 1. The highest BCUT2D eigenvalue weighted by molar-refractivity contribution is 6.67. The predicted molar refractivity (Wildman–Crippen MR) is 194 cm³/mol. The van der Waals surface area contributed by atoms with Gasteiger partial charge in [-0.2, -0.15) is 0 Å². The van der Waals surface area contributed by atoms with Gasteiger partial charge in [-0.3, -0.25) is 14.5 Å². The van der Waals surface area contributed by atoms with E-state index in [0.717, 1.165) is 43.2 Å². The quantitative estimate of drug-likeness (QED) is 0.0891. The number of ether oxygens (including phenoxy) is 7. The molecule has 2 heterocycles. The monoisotopic (exact) mass is 781 g/mol. The van der Waals surface area contributed by atoms with E-state index in [9.17, 15) is 14.4 Å². The third kappa shape index (κ3) is 11.5. The van der Waals surface area contributed by atoms with Gasteiger partial charge in [-0.1, -0.05) is 114 Å². The highest BCUT2D eigenvalue weighted by Crippen LogP contribution is 2.39. The van der Waals surface area contributed by atoms with Crippen molar-refractivity contribution in [1.82, 2.24) is 4.90 Å². The first kappa shape index (κ1) is 40.3. The summed E-state index contributed by atoms with van der Waals surface area (Å²) in [5.74, 6) is -1.86. The number of alkyl halides is 3. The largest absolute Gasteiger partial charge is 0.457 e. The smallest absolute Gasteiger partial charge is 0.410 e. The lowest BCUT2D eigenvalue weighted by Gasteiger charge is -2.51. The first-order valence-electron chi connectivity index (χ1n) is 17.5. The van der Waals surface area contributed by atoms with Crippen molar-refractivity contribution in [2.75, 3.05) is 19.8 Å². The Kier molecular flexibility index (Phi) is 14.7. The van der Waals surface area contributed by atoms with Gasteiger partial charge in [0.2, 0.25) is 3.79 Å². The topological polar surface area (TPSA) is 119 Å². The molecule has 6 atom stereocenters. The lowest BCUT2D eigenvalue weighted by Crippen LogP contribution is -2.70. The minimum Gasteiger partial charge on any atom is -0.457 e.